The summed E-state index contributed by atoms with van der Waals surface area (Å²) in [4.78, 5) is 14.4. The second kappa shape index (κ2) is 6.13. The molecule has 1 amide bonds. The maximum atomic E-state index is 12.5. The number of benzene rings is 1. The lowest BCUT2D eigenvalue weighted by Crippen LogP contribution is -2.32. The highest BCUT2D eigenvalue weighted by Crippen LogP contribution is 2.37. The van der Waals surface area contributed by atoms with Crippen LogP contribution >= 0.6 is 0 Å². The highest BCUT2D eigenvalue weighted by molar-refractivity contribution is 7.89. The van der Waals surface area contributed by atoms with Crippen molar-refractivity contribution in [1.82, 2.24) is 4.72 Å². The van der Waals surface area contributed by atoms with Crippen LogP contribution in [0.2, 0.25) is 0 Å². The number of carbonyl (C=O) groups is 1. The molecule has 1 N–H and O–H groups in total. The van der Waals surface area contributed by atoms with Gasteiger partial charge in [-0.05, 0) is 55.9 Å². The number of nitrogens with one attached hydrogen (secondary N) is 1. The molecule has 1 unspecified atom stereocenters. The van der Waals surface area contributed by atoms with E-state index in [1.807, 2.05) is 4.90 Å². The van der Waals surface area contributed by atoms with Crippen molar-refractivity contribution in [2.45, 2.75) is 43.1 Å². The minimum atomic E-state index is -3.54. The van der Waals surface area contributed by atoms with Crippen LogP contribution in [0.3, 0.4) is 0 Å². The molecule has 0 aromatic heterocycles. The van der Waals surface area contributed by atoms with Crippen molar-refractivity contribution < 1.29 is 17.9 Å². The summed E-state index contributed by atoms with van der Waals surface area (Å²) in [6.07, 6.45) is 4.51. The smallest absolute Gasteiger partial charge is 0.240 e. The van der Waals surface area contributed by atoms with Gasteiger partial charge >= 0.3 is 0 Å². The molecule has 1 aliphatic carbocycles. The predicted molar refractivity (Wildman–Crippen MR) is 89.4 cm³/mol. The van der Waals surface area contributed by atoms with Gasteiger partial charge in [0.05, 0.1) is 11.0 Å². The quantitative estimate of drug-likeness (QED) is 0.872. The molecule has 2 fully saturated rings. The molecule has 24 heavy (non-hydrogen) atoms. The number of hydrogen-bond donors (Lipinski definition) is 1. The number of anilines is 1. The summed E-state index contributed by atoms with van der Waals surface area (Å²) in [7, 11) is -3.54. The average molecular weight is 350 g/mol. The molecule has 6 nitrogen and oxygen atoms in total. The van der Waals surface area contributed by atoms with Crippen LogP contribution in [0.25, 0.3) is 0 Å². The van der Waals surface area contributed by atoms with Crippen molar-refractivity contribution in [3.05, 3.63) is 23.8 Å². The number of fused-ring (bicyclic) bond motifs is 1. The van der Waals surface area contributed by atoms with E-state index in [9.17, 15) is 13.2 Å². The van der Waals surface area contributed by atoms with Crippen molar-refractivity contribution in [2.75, 3.05) is 24.6 Å². The van der Waals surface area contributed by atoms with E-state index in [4.69, 9.17) is 4.74 Å². The first-order valence-corrected chi connectivity index (χ1v) is 10.1. The minimum Gasteiger partial charge on any atom is -0.377 e. The van der Waals surface area contributed by atoms with Crippen LogP contribution in [-0.2, 0) is 26.0 Å². The van der Waals surface area contributed by atoms with E-state index in [-0.39, 0.29) is 22.8 Å². The minimum absolute atomic E-state index is 0.0270. The molecular weight excluding hydrogens is 328 g/mol. The Hall–Kier alpha value is -1.44. The molecule has 2 aliphatic heterocycles. The zero-order chi connectivity index (χ0) is 16.7. The molecule has 1 aromatic carbocycles. The van der Waals surface area contributed by atoms with Gasteiger partial charge in [-0.3, -0.25) is 4.79 Å². The van der Waals surface area contributed by atoms with Crippen LogP contribution in [0.1, 0.15) is 31.2 Å². The maximum absolute atomic E-state index is 12.5. The lowest BCUT2D eigenvalue weighted by Gasteiger charge is -2.17. The van der Waals surface area contributed by atoms with Crippen LogP contribution in [0.15, 0.2) is 23.1 Å². The Kier molecular flexibility index (Phi) is 4.10. The lowest BCUT2D eigenvalue weighted by molar-refractivity contribution is -0.119. The molecule has 0 radical (unpaired) electrons. The van der Waals surface area contributed by atoms with Gasteiger partial charge in [0.15, 0.2) is 0 Å². The molecule has 130 valence electrons. The molecular formula is C17H22N2O4S. The molecule has 4 rings (SSSR count). The van der Waals surface area contributed by atoms with E-state index in [2.05, 4.69) is 4.72 Å². The SMILES string of the molecule is O=C(C1CC1)N1CCc2cc(S(=O)(=O)NCC3CCCO3)ccc21. The second-order valence-corrected chi connectivity index (χ2v) is 8.56. The highest BCUT2D eigenvalue weighted by Gasteiger charge is 2.36. The van der Waals surface area contributed by atoms with Crippen LogP contribution < -0.4 is 9.62 Å². The summed E-state index contributed by atoms with van der Waals surface area (Å²) >= 11 is 0. The molecule has 1 saturated carbocycles. The van der Waals surface area contributed by atoms with Gasteiger partial charge in [-0.15, -0.1) is 0 Å². The fourth-order valence-electron chi connectivity index (χ4n) is 3.42. The summed E-state index contributed by atoms with van der Waals surface area (Å²) in [6.45, 7) is 1.67. The summed E-state index contributed by atoms with van der Waals surface area (Å²) < 4.78 is 33.0. The van der Waals surface area contributed by atoms with Gasteiger partial charge in [0.1, 0.15) is 0 Å². The molecule has 0 spiro atoms. The largest absolute Gasteiger partial charge is 0.377 e. The van der Waals surface area contributed by atoms with Gasteiger partial charge < -0.3 is 9.64 Å². The van der Waals surface area contributed by atoms with E-state index >= 15 is 0 Å². The van der Waals surface area contributed by atoms with E-state index in [0.717, 1.165) is 36.9 Å². The van der Waals surface area contributed by atoms with Crippen LogP contribution in [0.5, 0.6) is 0 Å². The average Bonchev–Trinajstić information content (AvgIpc) is 3.13. The molecule has 3 aliphatic rings. The molecule has 1 atom stereocenters. The monoisotopic (exact) mass is 350 g/mol. The van der Waals surface area contributed by atoms with Gasteiger partial charge in [0.2, 0.25) is 15.9 Å². The number of carbonyl (C=O) groups excluding carboxylic acids is 1. The Bertz CT molecular complexity index is 752. The third-order valence-corrected chi connectivity index (χ3v) is 6.40. The van der Waals surface area contributed by atoms with Crippen LogP contribution in [-0.4, -0.2) is 40.1 Å². The molecule has 1 aromatic rings. The fraction of sp³-hybridized carbons (Fsp3) is 0.588. The van der Waals surface area contributed by atoms with Crippen molar-refractivity contribution in [2.24, 2.45) is 5.92 Å². The number of hydrogen-bond acceptors (Lipinski definition) is 4. The maximum Gasteiger partial charge on any atom is 0.240 e. The zero-order valence-electron chi connectivity index (χ0n) is 13.5. The van der Waals surface area contributed by atoms with Gasteiger partial charge in [0.25, 0.3) is 0 Å². The van der Waals surface area contributed by atoms with Crippen LogP contribution in [0.4, 0.5) is 5.69 Å². The molecule has 7 heteroatoms. The number of rotatable bonds is 5. The standard InChI is InChI=1S/C17H22N2O4S/c20-17(12-3-4-12)19-8-7-13-10-15(5-6-16(13)19)24(21,22)18-11-14-2-1-9-23-14/h5-6,10,12,14,18H,1-4,7-9,11H2. The van der Waals surface area contributed by atoms with Gasteiger partial charge in [-0.25, -0.2) is 13.1 Å². The van der Waals surface area contributed by atoms with E-state index in [0.29, 0.717) is 26.1 Å². The fourth-order valence-corrected chi connectivity index (χ4v) is 4.53. The number of ether oxygens (including phenoxy) is 1. The number of sulfonamides is 1. The van der Waals surface area contributed by atoms with E-state index < -0.39 is 10.0 Å². The Balaban J connectivity index is 1.49. The number of amides is 1. The molecule has 2 heterocycles. The Morgan fingerprint density at radius 2 is 2.12 bits per heavy atom. The second-order valence-electron chi connectivity index (χ2n) is 6.79. The van der Waals surface area contributed by atoms with Crippen molar-refractivity contribution >= 4 is 21.6 Å². The summed E-state index contributed by atoms with van der Waals surface area (Å²) in [5, 5.41) is 0. The number of nitrogens with zero attached hydrogens (tertiary/aromatic N) is 1. The summed E-state index contributed by atoms with van der Waals surface area (Å²) in [5.41, 5.74) is 1.80. The summed E-state index contributed by atoms with van der Waals surface area (Å²) in [6, 6.07) is 5.06. The lowest BCUT2D eigenvalue weighted by atomic mass is 10.2. The van der Waals surface area contributed by atoms with Crippen molar-refractivity contribution in [3.8, 4) is 0 Å². The normalized spacial score (nSPS) is 23.5. The third-order valence-electron chi connectivity index (χ3n) is 4.97. The first kappa shape index (κ1) is 16.1. The zero-order valence-corrected chi connectivity index (χ0v) is 14.3. The highest BCUT2D eigenvalue weighted by atomic mass is 32.2. The van der Waals surface area contributed by atoms with E-state index in [1.165, 1.54) is 0 Å². The Morgan fingerprint density at radius 1 is 1.29 bits per heavy atom. The summed E-state index contributed by atoms with van der Waals surface area (Å²) in [5.74, 6) is 0.355. The first-order chi connectivity index (χ1) is 11.5. The first-order valence-electron chi connectivity index (χ1n) is 8.60. The van der Waals surface area contributed by atoms with Crippen molar-refractivity contribution in [3.63, 3.8) is 0 Å². The topological polar surface area (TPSA) is 75.7 Å². The van der Waals surface area contributed by atoms with Gasteiger partial charge in [-0.1, -0.05) is 0 Å². The van der Waals surface area contributed by atoms with Gasteiger partial charge in [0, 0.05) is 31.3 Å². The Labute approximate surface area is 142 Å². The third kappa shape index (κ3) is 3.08. The van der Waals surface area contributed by atoms with Crippen LogP contribution in [0, 0.1) is 5.92 Å². The molecule has 1 saturated heterocycles. The Morgan fingerprint density at radius 3 is 2.83 bits per heavy atom. The predicted octanol–water partition coefficient (Wildman–Crippen LogP) is 1.44. The van der Waals surface area contributed by atoms with Gasteiger partial charge in [-0.2, -0.15) is 0 Å². The van der Waals surface area contributed by atoms with Crippen molar-refractivity contribution in [1.29, 1.82) is 0 Å². The van der Waals surface area contributed by atoms with E-state index in [1.54, 1.807) is 18.2 Å². The molecule has 0 bridgehead atoms.